The van der Waals surface area contributed by atoms with E-state index in [0.29, 0.717) is 5.92 Å². The van der Waals surface area contributed by atoms with Gasteiger partial charge in [0.1, 0.15) is 0 Å². The molecule has 0 aromatic rings. The monoisotopic (exact) mass is 298 g/mol. The van der Waals surface area contributed by atoms with Gasteiger partial charge in [-0.25, -0.2) is 0 Å². The molecule has 0 aromatic carbocycles. The van der Waals surface area contributed by atoms with Gasteiger partial charge in [-0.3, -0.25) is 0 Å². The fourth-order valence-corrected chi connectivity index (χ4v) is 3.93. The Bertz CT molecular complexity index is 311. The van der Waals surface area contributed by atoms with Gasteiger partial charge in [-0.05, 0) is 43.8 Å². The predicted molar refractivity (Wildman–Crippen MR) is 89.5 cm³/mol. The van der Waals surface area contributed by atoms with Crippen LogP contribution in [0.4, 0.5) is 0 Å². The molecule has 1 saturated carbocycles. The number of aliphatic hydroxyl groups is 1. The number of aliphatic hydroxyl groups excluding tert-OH is 1. The Morgan fingerprint density at radius 1 is 1.15 bits per heavy atom. The van der Waals surface area contributed by atoms with Crippen LogP contribution in [0.2, 0.25) is 18.1 Å². The highest BCUT2D eigenvalue weighted by Crippen LogP contribution is 2.39. The summed E-state index contributed by atoms with van der Waals surface area (Å²) < 4.78 is 6.46. The van der Waals surface area contributed by atoms with Crippen molar-refractivity contribution in [2.45, 2.75) is 90.1 Å². The maximum Gasteiger partial charge on any atom is 0.193 e. The van der Waals surface area contributed by atoms with Crippen molar-refractivity contribution >= 4 is 8.32 Å². The molecule has 0 heterocycles. The molecule has 1 fully saturated rings. The van der Waals surface area contributed by atoms with E-state index in [1.54, 1.807) is 0 Å². The molecule has 0 aliphatic heterocycles. The quantitative estimate of drug-likeness (QED) is 0.578. The lowest BCUT2D eigenvalue weighted by molar-refractivity contribution is 0.00194. The van der Waals surface area contributed by atoms with Crippen LogP contribution in [0.1, 0.15) is 59.8 Å². The van der Waals surface area contributed by atoms with E-state index in [-0.39, 0.29) is 17.2 Å². The highest BCUT2D eigenvalue weighted by Gasteiger charge is 2.41. The summed E-state index contributed by atoms with van der Waals surface area (Å²) in [5.74, 6) is 0.412. The van der Waals surface area contributed by atoms with Crippen molar-refractivity contribution in [3.63, 3.8) is 0 Å². The summed E-state index contributed by atoms with van der Waals surface area (Å²) in [6, 6.07) is 0. The average Bonchev–Trinajstić information content (AvgIpc) is 2.37. The third-order valence-corrected chi connectivity index (χ3v) is 9.56. The third kappa shape index (κ3) is 4.71. The number of allylic oxidation sites excluding steroid dienone is 1. The van der Waals surface area contributed by atoms with Crippen LogP contribution in [0.3, 0.4) is 0 Å². The van der Waals surface area contributed by atoms with Gasteiger partial charge in [-0.15, -0.1) is 0 Å². The second kappa shape index (κ2) is 7.23. The first kappa shape index (κ1) is 17.9. The van der Waals surface area contributed by atoms with Crippen molar-refractivity contribution in [3.8, 4) is 0 Å². The van der Waals surface area contributed by atoms with E-state index in [2.05, 4.69) is 39.9 Å². The SMILES string of the molecule is C/C=C/[C@@H](O[Si](C)(C)C(C)(C)C)[C@@H](O)C1CCCCC1. The van der Waals surface area contributed by atoms with Crippen LogP contribution in [-0.4, -0.2) is 25.6 Å². The molecule has 1 rings (SSSR count). The van der Waals surface area contributed by atoms with Gasteiger partial charge in [-0.1, -0.05) is 52.2 Å². The van der Waals surface area contributed by atoms with Crippen LogP contribution in [0.15, 0.2) is 12.2 Å². The van der Waals surface area contributed by atoms with Crippen LogP contribution >= 0.6 is 0 Å². The van der Waals surface area contributed by atoms with Crippen molar-refractivity contribution in [1.29, 1.82) is 0 Å². The minimum Gasteiger partial charge on any atom is -0.408 e. The van der Waals surface area contributed by atoms with E-state index in [0.717, 1.165) is 12.8 Å². The maximum atomic E-state index is 10.7. The Hall–Kier alpha value is -0.123. The van der Waals surface area contributed by atoms with E-state index < -0.39 is 8.32 Å². The van der Waals surface area contributed by atoms with Gasteiger partial charge in [-0.2, -0.15) is 0 Å². The first-order valence-corrected chi connectivity index (χ1v) is 11.1. The van der Waals surface area contributed by atoms with Gasteiger partial charge in [0.05, 0.1) is 12.2 Å². The smallest absolute Gasteiger partial charge is 0.193 e. The molecule has 0 aromatic heterocycles. The van der Waals surface area contributed by atoms with Crippen molar-refractivity contribution in [2.24, 2.45) is 5.92 Å². The van der Waals surface area contributed by atoms with Gasteiger partial charge >= 0.3 is 0 Å². The molecule has 0 saturated heterocycles. The van der Waals surface area contributed by atoms with Crippen LogP contribution in [0.25, 0.3) is 0 Å². The molecule has 1 N–H and O–H groups in total. The highest BCUT2D eigenvalue weighted by molar-refractivity contribution is 6.74. The number of hydrogen-bond donors (Lipinski definition) is 1. The average molecular weight is 299 g/mol. The lowest BCUT2D eigenvalue weighted by Crippen LogP contribution is -2.48. The molecule has 0 amide bonds. The molecule has 0 unspecified atom stereocenters. The Kier molecular flexibility index (Phi) is 6.48. The molecule has 118 valence electrons. The lowest BCUT2D eigenvalue weighted by atomic mass is 9.83. The minimum atomic E-state index is -1.84. The Balaban J connectivity index is 2.77. The van der Waals surface area contributed by atoms with Gasteiger partial charge in [0.15, 0.2) is 8.32 Å². The molecular weight excluding hydrogens is 264 g/mol. The Labute approximate surface area is 126 Å². The van der Waals surface area contributed by atoms with Crippen LogP contribution in [0.5, 0.6) is 0 Å². The van der Waals surface area contributed by atoms with Crippen molar-refractivity contribution in [2.75, 3.05) is 0 Å². The van der Waals surface area contributed by atoms with E-state index in [9.17, 15) is 5.11 Å². The van der Waals surface area contributed by atoms with Crippen LogP contribution in [0, 0.1) is 5.92 Å². The first-order chi connectivity index (χ1) is 9.19. The summed E-state index contributed by atoms with van der Waals surface area (Å²) in [6.45, 7) is 13.3. The Morgan fingerprint density at radius 3 is 2.15 bits per heavy atom. The lowest BCUT2D eigenvalue weighted by Gasteiger charge is -2.41. The molecule has 3 heteroatoms. The molecule has 0 spiro atoms. The van der Waals surface area contributed by atoms with Gasteiger partial charge in [0.25, 0.3) is 0 Å². The highest BCUT2D eigenvalue weighted by atomic mass is 28.4. The summed E-state index contributed by atoms with van der Waals surface area (Å²) in [5, 5.41) is 10.9. The van der Waals surface area contributed by atoms with Crippen LogP contribution < -0.4 is 0 Å². The molecular formula is C17H34O2Si. The van der Waals surface area contributed by atoms with E-state index in [1.165, 1.54) is 19.3 Å². The standard InChI is InChI=1S/C17H34O2Si/c1-7-11-15(19-20(5,6)17(2,3)4)16(18)14-12-9-8-10-13-14/h7,11,14-16,18H,8-10,12-13H2,1-6H3/b11-7+/t15-,16+/m1/s1. The molecule has 0 radical (unpaired) electrons. The van der Waals surface area contributed by atoms with Crippen molar-refractivity contribution in [1.82, 2.24) is 0 Å². The fraction of sp³-hybridized carbons (Fsp3) is 0.882. The van der Waals surface area contributed by atoms with Crippen molar-refractivity contribution < 1.29 is 9.53 Å². The molecule has 1 aliphatic carbocycles. The summed E-state index contributed by atoms with van der Waals surface area (Å²) in [5.41, 5.74) is 0. The molecule has 2 nitrogen and oxygen atoms in total. The first-order valence-electron chi connectivity index (χ1n) is 8.18. The topological polar surface area (TPSA) is 29.5 Å². The number of hydrogen-bond acceptors (Lipinski definition) is 2. The van der Waals surface area contributed by atoms with Crippen LogP contribution in [-0.2, 0) is 4.43 Å². The second-order valence-corrected chi connectivity index (χ2v) is 12.5. The molecule has 1 aliphatic rings. The molecule has 20 heavy (non-hydrogen) atoms. The summed E-state index contributed by atoms with van der Waals surface area (Å²) >= 11 is 0. The zero-order chi connectivity index (χ0) is 15.4. The maximum absolute atomic E-state index is 10.7. The summed E-state index contributed by atoms with van der Waals surface area (Å²) in [6.07, 6.45) is 9.72. The molecule has 2 atom stereocenters. The second-order valence-electron chi connectivity index (χ2n) is 7.76. The predicted octanol–water partition coefficient (Wildman–Crippen LogP) is 4.89. The normalized spacial score (nSPS) is 22.1. The van der Waals surface area contributed by atoms with Crippen molar-refractivity contribution in [3.05, 3.63) is 12.2 Å². The largest absolute Gasteiger partial charge is 0.408 e. The fourth-order valence-electron chi connectivity index (χ4n) is 2.67. The zero-order valence-electron chi connectivity index (χ0n) is 14.3. The third-order valence-electron chi connectivity index (χ3n) is 5.09. The Morgan fingerprint density at radius 2 is 1.70 bits per heavy atom. The number of rotatable bonds is 5. The van der Waals surface area contributed by atoms with Gasteiger partial charge in [0, 0.05) is 0 Å². The van der Waals surface area contributed by atoms with E-state index in [1.807, 2.05) is 13.0 Å². The van der Waals surface area contributed by atoms with Gasteiger partial charge < -0.3 is 9.53 Å². The summed E-state index contributed by atoms with van der Waals surface area (Å²) in [4.78, 5) is 0. The minimum absolute atomic E-state index is 0.135. The summed E-state index contributed by atoms with van der Waals surface area (Å²) in [7, 11) is -1.84. The van der Waals surface area contributed by atoms with Gasteiger partial charge in [0.2, 0.25) is 0 Å². The van der Waals surface area contributed by atoms with E-state index in [4.69, 9.17) is 4.43 Å². The molecule has 0 bridgehead atoms. The van der Waals surface area contributed by atoms with E-state index >= 15 is 0 Å². The zero-order valence-corrected chi connectivity index (χ0v) is 15.3.